The van der Waals surface area contributed by atoms with Crippen LogP contribution in [0.1, 0.15) is 34.5 Å². The molecule has 1 saturated heterocycles. The van der Waals surface area contributed by atoms with Gasteiger partial charge in [0.05, 0.1) is 0 Å². The van der Waals surface area contributed by atoms with E-state index in [2.05, 4.69) is 41.6 Å². The van der Waals surface area contributed by atoms with Crippen LogP contribution in [0.4, 0.5) is 0 Å². The van der Waals surface area contributed by atoms with Crippen molar-refractivity contribution in [1.82, 2.24) is 15.6 Å². The van der Waals surface area contributed by atoms with Gasteiger partial charge in [0.1, 0.15) is 5.69 Å². The van der Waals surface area contributed by atoms with Gasteiger partial charge in [-0.3, -0.25) is 4.79 Å². The average molecular weight is 271 g/mol. The summed E-state index contributed by atoms with van der Waals surface area (Å²) in [4.78, 5) is 15.6. The van der Waals surface area contributed by atoms with Crippen molar-refractivity contribution in [3.05, 3.63) is 35.0 Å². The van der Waals surface area contributed by atoms with Crippen LogP contribution in [0.25, 0.3) is 10.9 Å². The molecule has 106 valence electrons. The molecule has 1 aliphatic rings. The highest BCUT2D eigenvalue weighted by Crippen LogP contribution is 2.21. The van der Waals surface area contributed by atoms with Crippen LogP contribution in [0.3, 0.4) is 0 Å². The monoisotopic (exact) mass is 271 g/mol. The summed E-state index contributed by atoms with van der Waals surface area (Å²) in [6, 6.07) is 6.43. The maximum atomic E-state index is 12.3. The fourth-order valence-corrected chi connectivity index (χ4v) is 2.97. The molecule has 4 heteroatoms. The lowest BCUT2D eigenvalue weighted by molar-refractivity contribution is 0.0926. The van der Waals surface area contributed by atoms with Gasteiger partial charge >= 0.3 is 0 Å². The summed E-state index contributed by atoms with van der Waals surface area (Å²) >= 11 is 0. The number of benzene rings is 1. The lowest BCUT2D eigenvalue weighted by Crippen LogP contribution is -2.45. The number of aryl methyl sites for hydroxylation is 2. The van der Waals surface area contributed by atoms with Crippen LogP contribution in [0.5, 0.6) is 0 Å². The summed E-state index contributed by atoms with van der Waals surface area (Å²) in [5.41, 5.74) is 4.11. The molecule has 0 bridgehead atoms. The van der Waals surface area contributed by atoms with Crippen molar-refractivity contribution in [3.63, 3.8) is 0 Å². The van der Waals surface area contributed by atoms with Gasteiger partial charge in [-0.25, -0.2) is 0 Å². The number of hydrogen-bond donors (Lipinski definition) is 3. The van der Waals surface area contributed by atoms with Crippen LogP contribution in [0.15, 0.2) is 18.2 Å². The van der Waals surface area contributed by atoms with Crippen molar-refractivity contribution in [1.29, 1.82) is 0 Å². The second-order valence-electron chi connectivity index (χ2n) is 5.75. The summed E-state index contributed by atoms with van der Waals surface area (Å²) in [5, 5.41) is 7.51. The molecule has 2 aromatic rings. The quantitative estimate of drug-likeness (QED) is 0.785. The number of rotatable bonds is 2. The molecular formula is C16H21N3O. The van der Waals surface area contributed by atoms with Crippen LogP contribution < -0.4 is 10.6 Å². The second kappa shape index (κ2) is 5.29. The fourth-order valence-electron chi connectivity index (χ4n) is 2.97. The highest BCUT2D eigenvalue weighted by molar-refractivity contribution is 5.99. The first-order valence-electron chi connectivity index (χ1n) is 7.25. The van der Waals surface area contributed by atoms with Crippen LogP contribution in [0.2, 0.25) is 0 Å². The number of aromatic amines is 1. The number of hydrogen-bond acceptors (Lipinski definition) is 2. The molecule has 4 nitrogen and oxygen atoms in total. The molecule has 1 amide bonds. The van der Waals surface area contributed by atoms with Gasteiger partial charge < -0.3 is 15.6 Å². The van der Waals surface area contributed by atoms with Gasteiger partial charge in [0.25, 0.3) is 5.91 Å². The Morgan fingerprint density at radius 2 is 2.15 bits per heavy atom. The molecule has 1 aliphatic heterocycles. The van der Waals surface area contributed by atoms with E-state index >= 15 is 0 Å². The normalized spacial score (nSPS) is 19.2. The largest absolute Gasteiger partial charge is 0.350 e. The van der Waals surface area contributed by atoms with Crippen molar-refractivity contribution in [3.8, 4) is 0 Å². The van der Waals surface area contributed by atoms with E-state index in [1.165, 1.54) is 11.1 Å². The topological polar surface area (TPSA) is 56.9 Å². The van der Waals surface area contributed by atoms with Gasteiger partial charge in [0, 0.05) is 23.5 Å². The van der Waals surface area contributed by atoms with Gasteiger partial charge in [-0.2, -0.15) is 0 Å². The zero-order chi connectivity index (χ0) is 14.1. The van der Waals surface area contributed by atoms with E-state index in [0.717, 1.165) is 36.8 Å². The minimum atomic E-state index is -0.00745. The predicted octanol–water partition coefficient (Wildman–Crippen LogP) is 2.27. The Morgan fingerprint density at radius 1 is 1.30 bits per heavy atom. The average Bonchev–Trinajstić information content (AvgIpc) is 2.84. The minimum Gasteiger partial charge on any atom is -0.350 e. The van der Waals surface area contributed by atoms with E-state index in [1.807, 2.05) is 6.07 Å². The molecule has 0 radical (unpaired) electrons. The minimum absolute atomic E-state index is 0.00745. The molecule has 0 unspecified atom stereocenters. The summed E-state index contributed by atoms with van der Waals surface area (Å²) in [6.45, 7) is 6.06. The third kappa shape index (κ3) is 2.56. The standard InChI is InChI=1S/C16H21N3O/c1-10-6-11(2)15-12(7-10)8-14(19-15)16(20)18-13-4-3-5-17-9-13/h6-8,13,17,19H,3-5,9H2,1-2H3,(H,18,20)/t13-/m1/s1. The summed E-state index contributed by atoms with van der Waals surface area (Å²) in [6.07, 6.45) is 2.17. The van der Waals surface area contributed by atoms with Crippen molar-refractivity contribution >= 4 is 16.8 Å². The van der Waals surface area contributed by atoms with E-state index < -0.39 is 0 Å². The molecule has 3 N–H and O–H groups in total. The van der Waals surface area contributed by atoms with Crippen LogP contribution in [-0.4, -0.2) is 30.0 Å². The molecular weight excluding hydrogens is 250 g/mol. The molecule has 0 spiro atoms. The fraction of sp³-hybridized carbons (Fsp3) is 0.438. The number of H-pyrrole nitrogens is 1. The molecule has 1 aromatic carbocycles. The smallest absolute Gasteiger partial charge is 0.267 e. The first kappa shape index (κ1) is 13.2. The Hall–Kier alpha value is -1.81. The van der Waals surface area contributed by atoms with E-state index in [4.69, 9.17) is 0 Å². The Bertz CT molecular complexity index is 638. The Kier molecular flexibility index (Phi) is 3.49. The Labute approximate surface area is 118 Å². The van der Waals surface area contributed by atoms with Gasteiger partial charge in [-0.1, -0.05) is 11.6 Å². The van der Waals surface area contributed by atoms with E-state index in [0.29, 0.717) is 5.69 Å². The van der Waals surface area contributed by atoms with Gasteiger partial charge in [0.15, 0.2) is 0 Å². The SMILES string of the molecule is Cc1cc(C)c2[nH]c(C(=O)N[C@@H]3CCCNC3)cc2c1. The number of nitrogens with one attached hydrogen (secondary N) is 3. The maximum absolute atomic E-state index is 12.3. The van der Waals surface area contributed by atoms with Crippen LogP contribution in [-0.2, 0) is 0 Å². The van der Waals surface area contributed by atoms with E-state index in [-0.39, 0.29) is 11.9 Å². The van der Waals surface area contributed by atoms with E-state index in [1.54, 1.807) is 0 Å². The van der Waals surface area contributed by atoms with Crippen molar-refractivity contribution in [2.45, 2.75) is 32.7 Å². The predicted molar refractivity (Wildman–Crippen MR) is 81.1 cm³/mol. The van der Waals surface area contributed by atoms with Crippen molar-refractivity contribution in [2.24, 2.45) is 0 Å². The zero-order valence-electron chi connectivity index (χ0n) is 12.0. The highest BCUT2D eigenvalue weighted by atomic mass is 16.1. The van der Waals surface area contributed by atoms with Gasteiger partial charge in [-0.05, 0) is 50.9 Å². The number of carbonyl (C=O) groups is 1. The second-order valence-corrected chi connectivity index (χ2v) is 5.75. The zero-order valence-corrected chi connectivity index (χ0v) is 12.0. The Morgan fingerprint density at radius 3 is 2.90 bits per heavy atom. The molecule has 1 atom stereocenters. The lowest BCUT2D eigenvalue weighted by atomic mass is 10.1. The van der Waals surface area contributed by atoms with Gasteiger partial charge in [0.2, 0.25) is 0 Å². The molecule has 2 heterocycles. The summed E-state index contributed by atoms with van der Waals surface area (Å²) < 4.78 is 0. The molecule has 0 aliphatic carbocycles. The number of piperidine rings is 1. The maximum Gasteiger partial charge on any atom is 0.267 e. The summed E-state index contributed by atoms with van der Waals surface area (Å²) in [5.74, 6) is -0.00745. The molecule has 1 fully saturated rings. The lowest BCUT2D eigenvalue weighted by Gasteiger charge is -2.23. The first-order valence-corrected chi connectivity index (χ1v) is 7.25. The molecule has 3 rings (SSSR count). The van der Waals surface area contributed by atoms with Crippen LogP contribution in [0, 0.1) is 13.8 Å². The van der Waals surface area contributed by atoms with Crippen molar-refractivity contribution in [2.75, 3.05) is 13.1 Å². The summed E-state index contributed by atoms with van der Waals surface area (Å²) in [7, 11) is 0. The molecule has 0 saturated carbocycles. The molecule has 1 aromatic heterocycles. The first-order chi connectivity index (χ1) is 9.63. The third-order valence-electron chi connectivity index (χ3n) is 3.95. The highest BCUT2D eigenvalue weighted by Gasteiger charge is 2.17. The molecule has 20 heavy (non-hydrogen) atoms. The number of aromatic nitrogens is 1. The van der Waals surface area contributed by atoms with Gasteiger partial charge in [-0.15, -0.1) is 0 Å². The van der Waals surface area contributed by atoms with E-state index in [9.17, 15) is 4.79 Å². The number of carbonyl (C=O) groups excluding carboxylic acids is 1. The number of amides is 1. The van der Waals surface area contributed by atoms with Crippen molar-refractivity contribution < 1.29 is 4.79 Å². The Balaban J connectivity index is 1.82. The van der Waals surface area contributed by atoms with Crippen LogP contribution >= 0.6 is 0 Å². The third-order valence-corrected chi connectivity index (χ3v) is 3.95. The number of fused-ring (bicyclic) bond motifs is 1.